The monoisotopic (exact) mass is 226 g/mol. The minimum Gasteiger partial charge on any atom is -0.310 e. The molecule has 1 saturated heterocycles. The molecule has 0 amide bonds. The molecule has 1 fully saturated rings. The number of aromatic nitrogens is 1. The third-order valence-corrected chi connectivity index (χ3v) is 3.71. The van der Waals surface area contributed by atoms with Gasteiger partial charge >= 0.3 is 0 Å². The van der Waals surface area contributed by atoms with Gasteiger partial charge in [0, 0.05) is 24.3 Å². The van der Waals surface area contributed by atoms with Crippen molar-refractivity contribution in [3.8, 4) is 0 Å². The summed E-state index contributed by atoms with van der Waals surface area (Å²) in [6.45, 7) is 0.615. The highest BCUT2D eigenvalue weighted by atomic mass is 32.2. The Kier molecular flexibility index (Phi) is 3.97. The molecule has 1 N–H and O–H groups in total. The van der Waals surface area contributed by atoms with Crippen LogP contribution in [-0.4, -0.2) is 22.5 Å². The fraction of sp³-hybridized carbons (Fsp3) is 0.545. The Balaban J connectivity index is 1.84. The Morgan fingerprint density at radius 1 is 1.47 bits per heavy atom. The molecule has 1 aliphatic heterocycles. The van der Waals surface area contributed by atoms with Crippen LogP contribution in [0.1, 0.15) is 18.4 Å². The predicted octanol–water partition coefficient (Wildman–Crippen LogP) is 2.21. The molecule has 0 bridgehead atoms. The van der Waals surface area contributed by atoms with Crippen molar-refractivity contribution in [3.63, 3.8) is 0 Å². The van der Waals surface area contributed by atoms with E-state index in [1.807, 2.05) is 11.8 Å². The van der Waals surface area contributed by atoms with Gasteiger partial charge in [-0.15, -0.1) is 0 Å². The van der Waals surface area contributed by atoms with E-state index in [0.717, 1.165) is 0 Å². The van der Waals surface area contributed by atoms with Crippen molar-refractivity contribution in [1.29, 1.82) is 0 Å². The maximum atomic E-state index is 13.2. The Labute approximate surface area is 93.7 Å². The second kappa shape index (κ2) is 5.47. The zero-order chi connectivity index (χ0) is 10.5. The number of rotatable bonds is 3. The lowest BCUT2D eigenvalue weighted by Crippen LogP contribution is -2.32. The van der Waals surface area contributed by atoms with Gasteiger partial charge in [0.25, 0.3) is 0 Å². The largest absolute Gasteiger partial charge is 0.310 e. The second-order valence-electron chi connectivity index (χ2n) is 3.73. The van der Waals surface area contributed by atoms with E-state index in [4.69, 9.17) is 0 Å². The first-order valence-electron chi connectivity index (χ1n) is 5.26. The number of nitrogens with zero attached hydrogens (tertiary/aromatic N) is 1. The van der Waals surface area contributed by atoms with E-state index < -0.39 is 0 Å². The zero-order valence-corrected chi connectivity index (χ0v) is 9.39. The molecule has 1 aliphatic rings. The summed E-state index contributed by atoms with van der Waals surface area (Å²) in [6.07, 6.45) is 5.29. The lowest BCUT2D eigenvalue weighted by atomic mass is 10.1. The zero-order valence-electron chi connectivity index (χ0n) is 8.58. The lowest BCUT2D eigenvalue weighted by molar-refractivity contribution is 0.472. The Hall–Kier alpha value is -0.610. The number of nitrogens with one attached hydrogen (secondary N) is 1. The summed E-state index contributed by atoms with van der Waals surface area (Å²) in [6, 6.07) is 2.29. The summed E-state index contributed by atoms with van der Waals surface area (Å²) in [5.41, 5.74) is 0.711. The highest BCUT2D eigenvalue weighted by Crippen LogP contribution is 2.17. The molecule has 0 unspecified atom stereocenters. The van der Waals surface area contributed by atoms with E-state index in [0.29, 0.717) is 18.2 Å². The molecular formula is C11H15FN2S. The van der Waals surface area contributed by atoms with Crippen LogP contribution in [0, 0.1) is 5.82 Å². The van der Waals surface area contributed by atoms with Crippen LogP contribution in [0.15, 0.2) is 18.5 Å². The molecule has 4 heteroatoms. The van der Waals surface area contributed by atoms with Crippen LogP contribution < -0.4 is 5.32 Å². The van der Waals surface area contributed by atoms with Gasteiger partial charge in [-0.3, -0.25) is 4.98 Å². The normalized spacial score (nSPS) is 17.9. The van der Waals surface area contributed by atoms with Crippen LogP contribution in [-0.2, 0) is 6.54 Å². The molecule has 2 heterocycles. The van der Waals surface area contributed by atoms with Crippen LogP contribution in [0.2, 0.25) is 0 Å². The molecule has 0 atom stereocenters. The Morgan fingerprint density at radius 3 is 3.00 bits per heavy atom. The van der Waals surface area contributed by atoms with Gasteiger partial charge in [-0.1, -0.05) is 0 Å². The van der Waals surface area contributed by atoms with Gasteiger partial charge in [0.1, 0.15) is 5.82 Å². The van der Waals surface area contributed by atoms with Gasteiger partial charge < -0.3 is 5.32 Å². The molecule has 0 saturated carbocycles. The number of hydrogen-bond donors (Lipinski definition) is 1. The van der Waals surface area contributed by atoms with Crippen molar-refractivity contribution in [3.05, 3.63) is 29.8 Å². The number of pyridine rings is 1. The van der Waals surface area contributed by atoms with Crippen molar-refractivity contribution in [2.24, 2.45) is 0 Å². The first-order valence-corrected chi connectivity index (χ1v) is 6.41. The molecule has 0 aliphatic carbocycles. The van der Waals surface area contributed by atoms with E-state index in [9.17, 15) is 4.39 Å². The van der Waals surface area contributed by atoms with E-state index >= 15 is 0 Å². The average molecular weight is 226 g/mol. The summed E-state index contributed by atoms with van der Waals surface area (Å²) >= 11 is 2.00. The van der Waals surface area contributed by atoms with E-state index in [1.165, 1.54) is 30.5 Å². The van der Waals surface area contributed by atoms with Crippen LogP contribution in [0.3, 0.4) is 0 Å². The van der Waals surface area contributed by atoms with E-state index in [2.05, 4.69) is 10.3 Å². The molecule has 82 valence electrons. The quantitative estimate of drug-likeness (QED) is 0.855. The van der Waals surface area contributed by atoms with Gasteiger partial charge in [-0.25, -0.2) is 4.39 Å². The molecule has 2 nitrogen and oxygen atoms in total. The molecule has 1 aromatic heterocycles. The lowest BCUT2D eigenvalue weighted by Gasteiger charge is -2.22. The minimum absolute atomic E-state index is 0.213. The first-order chi connectivity index (χ1) is 7.36. The summed E-state index contributed by atoms with van der Waals surface area (Å²) in [7, 11) is 0. The van der Waals surface area contributed by atoms with Crippen LogP contribution in [0.5, 0.6) is 0 Å². The van der Waals surface area contributed by atoms with Crippen molar-refractivity contribution in [2.45, 2.75) is 25.4 Å². The van der Waals surface area contributed by atoms with Crippen molar-refractivity contribution in [2.75, 3.05) is 11.5 Å². The average Bonchev–Trinajstić information content (AvgIpc) is 2.29. The smallest absolute Gasteiger partial charge is 0.145 e. The topological polar surface area (TPSA) is 24.9 Å². The molecule has 1 aromatic rings. The SMILES string of the molecule is Fc1cnccc1CNC1CCSCC1. The van der Waals surface area contributed by atoms with Crippen LogP contribution in [0.25, 0.3) is 0 Å². The maximum Gasteiger partial charge on any atom is 0.145 e. The molecular weight excluding hydrogens is 211 g/mol. The molecule has 2 rings (SSSR count). The number of hydrogen-bond acceptors (Lipinski definition) is 3. The molecule has 0 spiro atoms. The Morgan fingerprint density at radius 2 is 2.27 bits per heavy atom. The maximum absolute atomic E-state index is 13.2. The summed E-state index contributed by atoms with van der Waals surface area (Å²) in [5, 5.41) is 3.40. The Bertz CT molecular complexity index is 313. The molecule has 0 radical (unpaired) electrons. The van der Waals surface area contributed by atoms with Gasteiger partial charge in [0.05, 0.1) is 6.20 Å². The van der Waals surface area contributed by atoms with Gasteiger partial charge in [0.15, 0.2) is 0 Å². The molecule has 0 aromatic carbocycles. The van der Waals surface area contributed by atoms with Crippen molar-refractivity contribution < 1.29 is 4.39 Å². The number of thioether (sulfide) groups is 1. The standard InChI is InChI=1S/C11H15FN2S/c12-11-8-13-4-1-9(11)7-14-10-2-5-15-6-3-10/h1,4,8,10,14H,2-3,5-7H2. The summed E-state index contributed by atoms with van der Waals surface area (Å²) in [4.78, 5) is 3.73. The van der Waals surface area contributed by atoms with Gasteiger partial charge in [-0.2, -0.15) is 11.8 Å². The van der Waals surface area contributed by atoms with Crippen LogP contribution >= 0.6 is 11.8 Å². The number of halogens is 1. The van der Waals surface area contributed by atoms with E-state index in [1.54, 1.807) is 12.3 Å². The van der Waals surface area contributed by atoms with Crippen molar-refractivity contribution >= 4 is 11.8 Å². The fourth-order valence-electron chi connectivity index (χ4n) is 1.70. The third-order valence-electron chi connectivity index (χ3n) is 2.66. The van der Waals surface area contributed by atoms with Gasteiger partial charge in [0.2, 0.25) is 0 Å². The first kappa shape index (κ1) is 10.9. The minimum atomic E-state index is -0.213. The predicted molar refractivity (Wildman–Crippen MR) is 61.4 cm³/mol. The molecule has 15 heavy (non-hydrogen) atoms. The van der Waals surface area contributed by atoms with E-state index in [-0.39, 0.29) is 5.82 Å². The summed E-state index contributed by atoms with van der Waals surface area (Å²) < 4.78 is 13.2. The highest BCUT2D eigenvalue weighted by Gasteiger charge is 2.13. The third kappa shape index (κ3) is 3.18. The highest BCUT2D eigenvalue weighted by molar-refractivity contribution is 7.99. The van der Waals surface area contributed by atoms with Crippen LogP contribution in [0.4, 0.5) is 4.39 Å². The van der Waals surface area contributed by atoms with Crippen molar-refractivity contribution in [1.82, 2.24) is 10.3 Å². The van der Waals surface area contributed by atoms with Gasteiger partial charge in [-0.05, 0) is 30.4 Å². The summed E-state index contributed by atoms with van der Waals surface area (Å²) in [5.74, 6) is 2.22. The second-order valence-corrected chi connectivity index (χ2v) is 4.96. The fourth-order valence-corrected chi connectivity index (χ4v) is 2.81.